The van der Waals surface area contributed by atoms with Gasteiger partial charge in [-0.1, -0.05) is 71.7 Å². The molecule has 0 atom stereocenters. The number of esters is 1. The van der Waals surface area contributed by atoms with Crippen molar-refractivity contribution in [3.05, 3.63) is 136 Å². The quantitative estimate of drug-likeness (QED) is 0.0645. The largest absolute Gasteiger partial charge is 0.446 e. The van der Waals surface area contributed by atoms with E-state index in [9.17, 15) is 9.59 Å². The molecule has 204 valence electrons. The predicted molar refractivity (Wildman–Crippen MR) is 159 cm³/mol. The Morgan fingerprint density at radius 3 is 1.93 bits per heavy atom. The van der Waals surface area contributed by atoms with Crippen molar-refractivity contribution >= 4 is 52.1 Å². The summed E-state index contributed by atoms with van der Waals surface area (Å²) in [5, 5.41) is 6.85. The Hall–Kier alpha value is -4.85. The number of benzene rings is 5. The Kier molecular flexibility index (Phi) is 8.79. The maximum absolute atomic E-state index is 13.2. The van der Waals surface area contributed by atoms with E-state index in [-0.39, 0.29) is 5.75 Å². The third-order valence-corrected chi connectivity index (χ3v) is 6.34. The first-order valence-corrected chi connectivity index (χ1v) is 13.2. The summed E-state index contributed by atoms with van der Waals surface area (Å²) >= 11 is 11.9. The molecule has 0 aliphatic carbocycles. The van der Waals surface area contributed by atoms with Crippen molar-refractivity contribution < 1.29 is 23.8 Å². The molecule has 0 spiro atoms. The van der Waals surface area contributed by atoms with Crippen LogP contribution in [0, 0.1) is 0 Å². The van der Waals surface area contributed by atoms with Gasteiger partial charge in [0.15, 0.2) is 0 Å². The molecule has 5 rings (SSSR count). The topological polar surface area (TPSA) is 86.2 Å². The zero-order valence-electron chi connectivity index (χ0n) is 21.4. The molecule has 0 bridgehead atoms. The van der Waals surface area contributed by atoms with Crippen LogP contribution in [0.25, 0.3) is 10.8 Å². The van der Waals surface area contributed by atoms with Crippen molar-refractivity contribution in [2.75, 3.05) is 0 Å². The minimum atomic E-state index is -1.41. The molecule has 0 saturated carbocycles. The van der Waals surface area contributed by atoms with E-state index in [0.29, 0.717) is 32.7 Å². The van der Waals surface area contributed by atoms with E-state index in [2.05, 4.69) is 10.5 Å². The molecule has 7 nitrogen and oxygen atoms in total. The second-order valence-electron chi connectivity index (χ2n) is 8.66. The predicted octanol–water partition coefficient (Wildman–Crippen LogP) is 7.30. The summed E-state index contributed by atoms with van der Waals surface area (Å²) in [6.45, 7) is 0. The van der Waals surface area contributed by atoms with E-state index in [1.54, 1.807) is 78.9 Å². The second-order valence-corrected chi connectivity index (χ2v) is 9.54. The first kappa shape index (κ1) is 27.7. The lowest BCUT2D eigenvalue weighted by Gasteiger charge is -2.19. The third-order valence-electron chi connectivity index (χ3n) is 5.84. The van der Waals surface area contributed by atoms with Gasteiger partial charge in [0, 0.05) is 15.6 Å². The van der Waals surface area contributed by atoms with Crippen LogP contribution in [0.3, 0.4) is 0 Å². The van der Waals surface area contributed by atoms with Crippen molar-refractivity contribution in [1.29, 1.82) is 0 Å². The van der Waals surface area contributed by atoms with Crippen LogP contribution < -0.4 is 19.6 Å². The summed E-state index contributed by atoms with van der Waals surface area (Å²) in [6.07, 6.45) is 0.00700. The summed E-state index contributed by atoms with van der Waals surface area (Å²) in [6, 6.07) is 32.7. The molecule has 0 heterocycles. The number of ether oxygens (including phenoxy) is 3. The van der Waals surface area contributed by atoms with Crippen molar-refractivity contribution in [2.24, 2.45) is 5.10 Å². The van der Waals surface area contributed by atoms with E-state index >= 15 is 0 Å². The van der Waals surface area contributed by atoms with Crippen LogP contribution in [0.15, 0.2) is 120 Å². The van der Waals surface area contributed by atoms with Crippen LogP contribution in [0.4, 0.5) is 0 Å². The van der Waals surface area contributed by atoms with Gasteiger partial charge in [-0.3, -0.25) is 4.79 Å². The van der Waals surface area contributed by atoms with E-state index in [0.717, 1.165) is 10.8 Å². The number of hydrazone groups is 1. The smallest absolute Gasteiger partial charge is 0.343 e. The lowest BCUT2D eigenvalue weighted by molar-refractivity contribution is -0.140. The minimum Gasteiger partial charge on any atom is -0.446 e. The van der Waals surface area contributed by atoms with Gasteiger partial charge in [0.25, 0.3) is 0 Å². The number of nitrogens with one attached hydrogen (secondary N) is 1. The molecule has 1 N–H and O–H groups in total. The molecule has 0 aliphatic rings. The lowest BCUT2D eigenvalue weighted by Crippen LogP contribution is -2.40. The molecule has 0 unspecified atom stereocenters. The van der Waals surface area contributed by atoms with Gasteiger partial charge in [-0.25, -0.2) is 10.2 Å². The third kappa shape index (κ3) is 7.22. The second kappa shape index (κ2) is 13.0. The van der Waals surface area contributed by atoms with E-state index in [4.69, 9.17) is 37.4 Å². The summed E-state index contributed by atoms with van der Waals surface area (Å²) < 4.78 is 17.3. The molecule has 5 aromatic carbocycles. The zero-order valence-corrected chi connectivity index (χ0v) is 22.9. The Morgan fingerprint density at radius 1 is 0.707 bits per heavy atom. The van der Waals surface area contributed by atoms with Crippen molar-refractivity contribution in [3.63, 3.8) is 0 Å². The number of fused-ring (bicyclic) bond motifs is 1. The summed E-state index contributed by atoms with van der Waals surface area (Å²) in [5.41, 5.74) is 3.36. The molecule has 1 amide bonds. The maximum atomic E-state index is 13.2. The summed E-state index contributed by atoms with van der Waals surface area (Å²) in [4.78, 5) is 26.0. The Bertz CT molecular complexity index is 1640. The van der Waals surface area contributed by atoms with E-state index < -0.39 is 18.2 Å². The van der Waals surface area contributed by atoms with Gasteiger partial charge in [-0.15, -0.1) is 0 Å². The van der Waals surface area contributed by atoms with Gasteiger partial charge >= 0.3 is 18.2 Å². The normalized spacial score (nSPS) is 11.0. The van der Waals surface area contributed by atoms with Gasteiger partial charge in [0.2, 0.25) is 0 Å². The summed E-state index contributed by atoms with van der Waals surface area (Å²) in [7, 11) is 0. The van der Waals surface area contributed by atoms with Crippen LogP contribution in [-0.4, -0.2) is 24.4 Å². The van der Waals surface area contributed by atoms with Crippen LogP contribution in [0.5, 0.6) is 17.2 Å². The van der Waals surface area contributed by atoms with Gasteiger partial charge in [0.05, 0.1) is 11.8 Å². The van der Waals surface area contributed by atoms with Gasteiger partial charge in [-0.05, 0) is 77.5 Å². The number of nitrogens with zero attached hydrogens (tertiary/aromatic N) is 1. The van der Waals surface area contributed by atoms with Gasteiger partial charge in [0.1, 0.15) is 17.2 Å². The van der Waals surface area contributed by atoms with E-state index in [1.807, 2.05) is 36.4 Å². The molecule has 0 saturated heterocycles. The molecular formula is C32H22Cl2N2O5. The van der Waals surface area contributed by atoms with Crippen molar-refractivity contribution in [1.82, 2.24) is 5.43 Å². The molecule has 41 heavy (non-hydrogen) atoms. The highest BCUT2D eigenvalue weighted by atomic mass is 35.5. The number of halogens is 2. The fourth-order valence-corrected chi connectivity index (χ4v) is 4.10. The van der Waals surface area contributed by atoms with Gasteiger partial charge in [-0.2, -0.15) is 5.10 Å². The van der Waals surface area contributed by atoms with Crippen LogP contribution in [-0.2, 0) is 4.79 Å². The van der Waals surface area contributed by atoms with Crippen LogP contribution >= 0.6 is 23.2 Å². The number of carbonyl (C=O) groups excluding carboxylic acids is 2. The molecule has 0 radical (unpaired) electrons. The molecule has 0 aromatic heterocycles. The van der Waals surface area contributed by atoms with Crippen molar-refractivity contribution in [2.45, 2.75) is 6.29 Å². The number of hydrogen-bond donors (Lipinski definition) is 1. The number of hydrogen-bond acceptors (Lipinski definition) is 6. The van der Waals surface area contributed by atoms with E-state index in [1.165, 1.54) is 6.21 Å². The zero-order chi connectivity index (χ0) is 28.6. The lowest BCUT2D eigenvalue weighted by atomic mass is 10.0. The molecule has 0 fully saturated rings. The Labute approximate surface area is 245 Å². The van der Waals surface area contributed by atoms with Gasteiger partial charge < -0.3 is 14.2 Å². The average Bonchev–Trinajstić information content (AvgIpc) is 3.00. The van der Waals surface area contributed by atoms with Crippen molar-refractivity contribution in [3.8, 4) is 17.2 Å². The highest BCUT2D eigenvalue weighted by molar-refractivity contribution is 6.30. The molecule has 9 heteroatoms. The Morgan fingerprint density at radius 2 is 1.29 bits per heavy atom. The van der Waals surface area contributed by atoms with Crippen LogP contribution in [0.2, 0.25) is 10.0 Å². The number of carbonyl (C=O) groups is 2. The molecular weight excluding hydrogens is 563 g/mol. The molecule has 5 aromatic rings. The SMILES string of the molecule is O=C(Oc1ccc2ccccc2c1/C=N/NC(=O)C(Oc1ccc(Cl)cc1)Oc1ccc(Cl)cc1)c1ccccc1. The number of rotatable bonds is 9. The standard InChI is InChI=1S/C32H22Cl2N2O5/c33-23-11-15-25(16-12-23)39-32(40-26-17-13-24(34)14-18-26)30(37)36-35-20-28-27-9-5-4-6-21(27)10-19-29(28)41-31(38)22-7-2-1-3-8-22/h1-20,32H,(H,36,37)/b35-20+. The fraction of sp³-hybridized carbons (Fsp3) is 0.0312. The minimum absolute atomic E-state index is 0.280. The molecule has 0 aliphatic heterocycles. The highest BCUT2D eigenvalue weighted by Gasteiger charge is 2.23. The highest BCUT2D eigenvalue weighted by Crippen LogP contribution is 2.28. The first-order chi connectivity index (χ1) is 20.0. The number of amides is 1. The summed E-state index contributed by atoms with van der Waals surface area (Å²) in [5.74, 6) is -0.211. The first-order valence-electron chi connectivity index (χ1n) is 12.4. The fourth-order valence-electron chi connectivity index (χ4n) is 3.85. The monoisotopic (exact) mass is 584 g/mol. The maximum Gasteiger partial charge on any atom is 0.343 e. The van der Waals surface area contributed by atoms with Crippen LogP contribution in [0.1, 0.15) is 15.9 Å². The Balaban J connectivity index is 1.39. The average molecular weight is 585 g/mol.